The summed E-state index contributed by atoms with van der Waals surface area (Å²) in [5.74, 6) is 1.05. The molecule has 2 aliphatic rings. The van der Waals surface area contributed by atoms with Gasteiger partial charge in [0.15, 0.2) is 0 Å². The van der Waals surface area contributed by atoms with E-state index in [2.05, 4.69) is 20.4 Å². The van der Waals surface area contributed by atoms with Crippen LogP contribution in [0.15, 0.2) is 78.1 Å². The number of benzene rings is 3. The van der Waals surface area contributed by atoms with Gasteiger partial charge in [-0.3, -0.25) is 4.98 Å². The number of anilines is 1. The second-order valence-corrected chi connectivity index (χ2v) is 10.8. The summed E-state index contributed by atoms with van der Waals surface area (Å²) in [4.78, 5) is 6.37. The number of ether oxygens (including phenoxy) is 1. The molecule has 3 aromatic carbocycles. The number of hydrogen-bond donors (Lipinski definition) is 3. The van der Waals surface area contributed by atoms with Crippen molar-refractivity contribution in [2.24, 2.45) is 11.1 Å². The standard InChI is InChI=1S/C32H31F3N4O3/c33-32(34,35)21-8-9-25-27(16-21)37-13-10-28(25)39-14-11-20(12-15-39)17-36-18-22(40)19-42-29-7-3-6-26-30(29)23-4-1-2-5-24(23)31(26)38-41/h1-10,13,16,20,22,36,40-41H,11-12,14-15,17-19H2/b38-31+/t22-/m0/s1. The average Bonchev–Trinajstić information content (AvgIpc) is 3.33. The highest BCUT2D eigenvalue weighted by molar-refractivity contribution is 6.25. The Morgan fingerprint density at radius 2 is 1.76 bits per heavy atom. The van der Waals surface area contributed by atoms with E-state index < -0.39 is 17.8 Å². The lowest BCUT2D eigenvalue weighted by molar-refractivity contribution is -0.137. The molecule has 10 heteroatoms. The molecular formula is C32H31F3N4O3. The van der Waals surface area contributed by atoms with Crippen molar-refractivity contribution >= 4 is 22.3 Å². The average molecular weight is 577 g/mol. The fourth-order valence-corrected chi connectivity index (χ4v) is 5.95. The molecule has 1 saturated heterocycles. The van der Waals surface area contributed by atoms with E-state index in [1.807, 2.05) is 48.5 Å². The van der Waals surface area contributed by atoms with Crippen LogP contribution in [0.4, 0.5) is 18.9 Å². The van der Waals surface area contributed by atoms with Crippen molar-refractivity contribution < 1.29 is 28.2 Å². The number of piperidine rings is 1. The Balaban J connectivity index is 0.996. The zero-order chi connectivity index (χ0) is 29.3. The Hall–Kier alpha value is -4.15. The molecule has 1 atom stereocenters. The van der Waals surface area contributed by atoms with Crippen LogP contribution in [0.25, 0.3) is 22.0 Å². The minimum Gasteiger partial charge on any atom is -0.490 e. The van der Waals surface area contributed by atoms with Gasteiger partial charge in [0.05, 0.1) is 11.1 Å². The van der Waals surface area contributed by atoms with E-state index in [1.165, 1.54) is 6.07 Å². The van der Waals surface area contributed by atoms with E-state index >= 15 is 0 Å². The van der Waals surface area contributed by atoms with Gasteiger partial charge in [-0.05, 0) is 55.1 Å². The summed E-state index contributed by atoms with van der Waals surface area (Å²) in [6.07, 6.45) is -1.70. The van der Waals surface area contributed by atoms with E-state index in [4.69, 9.17) is 4.74 Å². The highest BCUT2D eigenvalue weighted by Gasteiger charge is 2.31. The number of oxime groups is 1. The highest BCUT2D eigenvalue weighted by atomic mass is 19.4. The quantitative estimate of drug-likeness (QED) is 0.162. The van der Waals surface area contributed by atoms with Crippen LogP contribution in [0.1, 0.15) is 29.5 Å². The van der Waals surface area contributed by atoms with Crippen molar-refractivity contribution in [3.05, 3.63) is 89.6 Å². The third-order valence-corrected chi connectivity index (χ3v) is 8.08. The first-order valence-electron chi connectivity index (χ1n) is 14.0. The first kappa shape index (κ1) is 28.0. The lowest BCUT2D eigenvalue weighted by atomic mass is 9.96. The van der Waals surface area contributed by atoms with Crippen LogP contribution in [-0.4, -0.2) is 59.9 Å². The van der Waals surface area contributed by atoms with Crippen LogP contribution in [0.5, 0.6) is 5.75 Å². The number of aliphatic hydroxyl groups excluding tert-OH is 1. The summed E-state index contributed by atoms with van der Waals surface area (Å²) in [5, 5.41) is 27.8. The number of alkyl halides is 3. The monoisotopic (exact) mass is 576 g/mol. The van der Waals surface area contributed by atoms with Crippen LogP contribution < -0.4 is 15.0 Å². The van der Waals surface area contributed by atoms with E-state index in [0.717, 1.165) is 77.9 Å². The molecule has 1 aliphatic carbocycles. The summed E-state index contributed by atoms with van der Waals surface area (Å²) in [6.45, 7) is 2.82. The van der Waals surface area contributed by atoms with Gasteiger partial charge in [-0.25, -0.2) is 0 Å². The van der Waals surface area contributed by atoms with Gasteiger partial charge in [0.25, 0.3) is 0 Å². The van der Waals surface area contributed by atoms with E-state index in [-0.39, 0.29) is 6.61 Å². The minimum absolute atomic E-state index is 0.112. The number of pyridine rings is 1. The summed E-state index contributed by atoms with van der Waals surface area (Å²) in [6, 6.07) is 18.9. The molecule has 4 aromatic rings. The van der Waals surface area contributed by atoms with Gasteiger partial charge in [0.2, 0.25) is 0 Å². The Bertz CT molecular complexity index is 1620. The molecule has 0 bridgehead atoms. The number of aromatic nitrogens is 1. The van der Waals surface area contributed by atoms with Crippen LogP contribution in [0.2, 0.25) is 0 Å². The fraction of sp³-hybridized carbons (Fsp3) is 0.312. The maximum absolute atomic E-state index is 13.1. The summed E-state index contributed by atoms with van der Waals surface area (Å²) in [7, 11) is 0. The smallest absolute Gasteiger partial charge is 0.416 e. The summed E-state index contributed by atoms with van der Waals surface area (Å²) < 4.78 is 45.4. The largest absolute Gasteiger partial charge is 0.490 e. The van der Waals surface area contributed by atoms with Crippen molar-refractivity contribution in [3.63, 3.8) is 0 Å². The molecule has 42 heavy (non-hydrogen) atoms. The fourth-order valence-electron chi connectivity index (χ4n) is 5.95. The van der Waals surface area contributed by atoms with E-state index in [0.29, 0.717) is 29.4 Å². The highest BCUT2D eigenvalue weighted by Crippen LogP contribution is 2.43. The zero-order valence-corrected chi connectivity index (χ0v) is 22.8. The number of nitrogens with zero attached hydrogens (tertiary/aromatic N) is 3. The van der Waals surface area contributed by atoms with Crippen molar-refractivity contribution in [2.75, 3.05) is 37.7 Å². The molecule has 1 aromatic heterocycles. The zero-order valence-electron chi connectivity index (χ0n) is 22.8. The van der Waals surface area contributed by atoms with E-state index in [1.54, 1.807) is 6.20 Å². The molecule has 2 heterocycles. The predicted molar refractivity (Wildman–Crippen MR) is 155 cm³/mol. The Kier molecular flexibility index (Phi) is 7.74. The predicted octanol–water partition coefficient (Wildman–Crippen LogP) is 5.71. The third-order valence-electron chi connectivity index (χ3n) is 8.08. The molecule has 0 saturated carbocycles. The number of aliphatic hydroxyl groups is 1. The SMILES string of the molecule is O/N=C1\c2ccccc2-c2c(OC[C@@H](O)CNCC3CCN(c4ccnc5cc(C(F)(F)F)ccc45)CC3)cccc21. The Morgan fingerprint density at radius 3 is 2.52 bits per heavy atom. The molecule has 0 unspecified atom stereocenters. The van der Waals surface area contributed by atoms with Crippen LogP contribution in [0, 0.1) is 5.92 Å². The van der Waals surface area contributed by atoms with Gasteiger partial charge < -0.3 is 25.3 Å². The van der Waals surface area contributed by atoms with Gasteiger partial charge in [-0.15, -0.1) is 0 Å². The van der Waals surface area contributed by atoms with Gasteiger partial charge in [-0.2, -0.15) is 13.2 Å². The van der Waals surface area contributed by atoms with Gasteiger partial charge in [0, 0.05) is 53.6 Å². The van der Waals surface area contributed by atoms with Gasteiger partial charge in [-0.1, -0.05) is 47.6 Å². The van der Waals surface area contributed by atoms with Crippen LogP contribution in [-0.2, 0) is 6.18 Å². The second-order valence-electron chi connectivity index (χ2n) is 10.8. The number of rotatable bonds is 8. The number of hydrogen-bond acceptors (Lipinski definition) is 7. The van der Waals surface area contributed by atoms with Gasteiger partial charge in [0.1, 0.15) is 24.2 Å². The molecule has 218 valence electrons. The summed E-state index contributed by atoms with van der Waals surface area (Å²) >= 11 is 0. The maximum Gasteiger partial charge on any atom is 0.416 e. The maximum atomic E-state index is 13.1. The van der Waals surface area contributed by atoms with Crippen LogP contribution >= 0.6 is 0 Å². The van der Waals surface area contributed by atoms with Crippen molar-refractivity contribution in [1.82, 2.24) is 10.3 Å². The minimum atomic E-state index is -4.40. The molecule has 6 rings (SSSR count). The second kappa shape index (κ2) is 11.6. The van der Waals surface area contributed by atoms with Gasteiger partial charge >= 0.3 is 6.18 Å². The molecule has 0 radical (unpaired) electrons. The molecule has 7 nitrogen and oxygen atoms in total. The number of halogens is 3. The van der Waals surface area contributed by atoms with Crippen molar-refractivity contribution in [1.29, 1.82) is 0 Å². The molecular weight excluding hydrogens is 545 g/mol. The number of nitrogens with one attached hydrogen (secondary N) is 1. The van der Waals surface area contributed by atoms with E-state index in [9.17, 15) is 23.5 Å². The first-order chi connectivity index (χ1) is 20.3. The third kappa shape index (κ3) is 5.52. The topological polar surface area (TPSA) is 90.2 Å². The summed E-state index contributed by atoms with van der Waals surface area (Å²) in [5.41, 5.74) is 4.48. The number of fused-ring (bicyclic) bond motifs is 4. The first-order valence-corrected chi connectivity index (χ1v) is 14.0. The Morgan fingerprint density at radius 1 is 1.00 bits per heavy atom. The van der Waals surface area contributed by atoms with Crippen molar-refractivity contribution in [2.45, 2.75) is 25.1 Å². The lowest BCUT2D eigenvalue weighted by Crippen LogP contribution is -2.39. The molecule has 1 aliphatic heterocycles. The molecule has 0 amide bonds. The Labute approximate surface area is 241 Å². The molecule has 3 N–H and O–H groups in total. The molecule has 0 spiro atoms. The van der Waals surface area contributed by atoms with Crippen molar-refractivity contribution in [3.8, 4) is 16.9 Å². The normalized spacial score (nSPS) is 17.0. The molecule has 1 fully saturated rings. The van der Waals surface area contributed by atoms with Crippen LogP contribution in [0.3, 0.4) is 0 Å². The lowest BCUT2D eigenvalue weighted by Gasteiger charge is -2.34.